The molecule has 2 radical (unpaired) electrons. The molecule has 1 aromatic rings. The van der Waals surface area contributed by atoms with Gasteiger partial charge in [0, 0.05) is 17.9 Å². The zero-order valence-corrected chi connectivity index (χ0v) is 12.4. The Hall–Kier alpha value is 1.20. The van der Waals surface area contributed by atoms with E-state index in [0.717, 1.165) is 23.5 Å². The van der Waals surface area contributed by atoms with Crippen LogP contribution in [0.3, 0.4) is 0 Å². The summed E-state index contributed by atoms with van der Waals surface area (Å²) in [6, 6.07) is 0. The number of hydrogen-bond donors (Lipinski definition) is 0. The van der Waals surface area contributed by atoms with Crippen molar-refractivity contribution >= 4 is 77.0 Å². The molecule has 0 aliphatic heterocycles. The molecular weight excluding hydrogens is 415 g/mol. The summed E-state index contributed by atoms with van der Waals surface area (Å²) in [7, 11) is 5.81. The van der Waals surface area contributed by atoms with Gasteiger partial charge in [-0.2, -0.15) is 0 Å². The van der Waals surface area contributed by atoms with Crippen LogP contribution in [-0.2, 0) is 0 Å². The third kappa shape index (κ3) is 1.84. The second-order valence-corrected chi connectivity index (χ2v) is 5.47. The summed E-state index contributed by atoms with van der Waals surface area (Å²) in [5, 5.41) is 0. The monoisotopic (exact) mass is 414 g/mol. The molecule has 5 heteroatoms. The highest BCUT2D eigenvalue weighted by Gasteiger charge is 2.12. The lowest BCUT2D eigenvalue weighted by atomic mass is 9.95. The van der Waals surface area contributed by atoms with Crippen LogP contribution in [0.2, 0.25) is 0 Å². The SMILES string of the molecule is [B]c1c(Br)c(C)c(Br)c(Br)c1Br. The van der Waals surface area contributed by atoms with Crippen molar-refractivity contribution in [2.24, 2.45) is 0 Å². The van der Waals surface area contributed by atoms with Gasteiger partial charge in [-0.15, -0.1) is 0 Å². The van der Waals surface area contributed by atoms with E-state index >= 15 is 0 Å². The standard InChI is InChI=1S/C7H3BBr4/c1-2-4(9)3(8)6(11)7(12)5(2)10/h1H3. The quantitative estimate of drug-likeness (QED) is 0.342. The van der Waals surface area contributed by atoms with Crippen molar-refractivity contribution in [3.63, 3.8) is 0 Å². The zero-order chi connectivity index (χ0) is 9.46. The Kier molecular flexibility index (Phi) is 3.91. The summed E-state index contributed by atoms with van der Waals surface area (Å²) >= 11 is 13.7. The summed E-state index contributed by atoms with van der Waals surface area (Å²) in [6.45, 7) is 1.99. The van der Waals surface area contributed by atoms with E-state index in [9.17, 15) is 0 Å². The molecule has 0 saturated heterocycles. The predicted molar refractivity (Wildman–Crippen MR) is 67.4 cm³/mol. The minimum atomic E-state index is 0.711. The van der Waals surface area contributed by atoms with Crippen molar-refractivity contribution in [2.75, 3.05) is 0 Å². The number of hydrogen-bond acceptors (Lipinski definition) is 0. The highest BCUT2D eigenvalue weighted by Crippen LogP contribution is 2.35. The van der Waals surface area contributed by atoms with Crippen molar-refractivity contribution in [1.82, 2.24) is 0 Å². The van der Waals surface area contributed by atoms with Gasteiger partial charge in [0.05, 0.1) is 0 Å². The molecule has 0 N–H and O–H groups in total. The highest BCUT2D eigenvalue weighted by molar-refractivity contribution is 9.14. The average Bonchev–Trinajstić information content (AvgIpc) is 2.08. The lowest BCUT2D eigenvalue weighted by Gasteiger charge is -2.11. The maximum absolute atomic E-state index is 5.81. The Bertz CT molecular complexity index is 230. The lowest BCUT2D eigenvalue weighted by Crippen LogP contribution is -2.09. The first kappa shape index (κ1) is 11.3. The fraction of sp³-hybridized carbons (Fsp3) is 0.143. The van der Waals surface area contributed by atoms with Gasteiger partial charge in [0.1, 0.15) is 7.85 Å². The Balaban J connectivity index is 3.60. The molecule has 1 rings (SSSR count). The zero-order valence-electron chi connectivity index (χ0n) is 6.09. The fourth-order valence-corrected chi connectivity index (χ4v) is 3.27. The minimum Gasteiger partial charge on any atom is -0.0673 e. The van der Waals surface area contributed by atoms with Crippen LogP contribution >= 0.6 is 63.7 Å². The van der Waals surface area contributed by atoms with Crippen LogP contribution in [-0.4, -0.2) is 7.85 Å². The largest absolute Gasteiger partial charge is 0.117 e. The third-order valence-electron chi connectivity index (χ3n) is 1.52. The second-order valence-electron chi connectivity index (χ2n) is 2.29. The number of halogens is 4. The second kappa shape index (κ2) is 4.15. The molecule has 0 aromatic heterocycles. The van der Waals surface area contributed by atoms with Crippen molar-refractivity contribution in [3.8, 4) is 0 Å². The Labute approximate surface area is 106 Å². The van der Waals surface area contributed by atoms with Crippen molar-refractivity contribution < 1.29 is 0 Å². The van der Waals surface area contributed by atoms with Gasteiger partial charge in [-0.1, -0.05) is 37.3 Å². The van der Waals surface area contributed by atoms with E-state index in [4.69, 9.17) is 7.85 Å². The van der Waals surface area contributed by atoms with Gasteiger partial charge >= 0.3 is 0 Å². The Morgan fingerprint density at radius 3 is 1.83 bits per heavy atom. The van der Waals surface area contributed by atoms with Crippen LogP contribution < -0.4 is 5.46 Å². The van der Waals surface area contributed by atoms with Crippen LogP contribution in [0.5, 0.6) is 0 Å². The maximum Gasteiger partial charge on any atom is 0.117 e. The van der Waals surface area contributed by atoms with Crippen molar-refractivity contribution in [2.45, 2.75) is 6.92 Å². The highest BCUT2D eigenvalue weighted by atomic mass is 79.9. The van der Waals surface area contributed by atoms with Crippen LogP contribution in [0.25, 0.3) is 0 Å². The lowest BCUT2D eigenvalue weighted by molar-refractivity contribution is 1.38. The van der Waals surface area contributed by atoms with Gasteiger partial charge in [0.15, 0.2) is 0 Å². The smallest absolute Gasteiger partial charge is 0.0673 e. The molecule has 0 bridgehead atoms. The van der Waals surface area contributed by atoms with Crippen LogP contribution in [0.4, 0.5) is 0 Å². The van der Waals surface area contributed by atoms with Crippen LogP contribution in [0.15, 0.2) is 17.9 Å². The van der Waals surface area contributed by atoms with Crippen LogP contribution in [0, 0.1) is 6.92 Å². The molecule has 1 aromatic carbocycles. The van der Waals surface area contributed by atoms with E-state index in [-0.39, 0.29) is 0 Å². The molecule has 0 saturated carbocycles. The van der Waals surface area contributed by atoms with E-state index in [1.807, 2.05) is 6.92 Å². The van der Waals surface area contributed by atoms with Gasteiger partial charge in [-0.25, -0.2) is 0 Å². The van der Waals surface area contributed by atoms with Crippen molar-refractivity contribution in [3.05, 3.63) is 23.5 Å². The van der Waals surface area contributed by atoms with Gasteiger partial charge < -0.3 is 0 Å². The molecular formula is C7H3BBr4. The molecule has 62 valence electrons. The third-order valence-corrected chi connectivity index (χ3v) is 6.21. The Morgan fingerprint density at radius 1 is 0.833 bits per heavy atom. The summed E-state index contributed by atoms with van der Waals surface area (Å²) in [6.07, 6.45) is 0. The van der Waals surface area contributed by atoms with Crippen LogP contribution in [0.1, 0.15) is 5.56 Å². The topological polar surface area (TPSA) is 0 Å². The molecule has 12 heavy (non-hydrogen) atoms. The molecule has 0 aliphatic carbocycles. The van der Waals surface area contributed by atoms with Gasteiger partial charge in [-0.3, -0.25) is 0 Å². The van der Waals surface area contributed by atoms with E-state index < -0.39 is 0 Å². The van der Waals surface area contributed by atoms with E-state index in [0.29, 0.717) is 5.46 Å². The molecule has 0 unspecified atom stereocenters. The van der Waals surface area contributed by atoms with Crippen molar-refractivity contribution in [1.29, 1.82) is 0 Å². The van der Waals surface area contributed by atoms with E-state index in [1.54, 1.807) is 0 Å². The first-order chi connectivity index (χ1) is 5.46. The molecule has 0 atom stereocenters. The first-order valence-electron chi connectivity index (χ1n) is 3.04. The number of benzene rings is 1. The molecule has 0 fully saturated rings. The number of rotatable bonds is 0. The summed E-state index contributed by atoms with van der Waals surface area (Å²) in [5.41, 5.74) is 1.80. The van der Waals surface area contributed by atoms with Gasteiger partial charge in [0.25, 0.3) is 0 Å². The molecule has 0 heterocycles. The fourth-order valence-electron chi connectivity index (χ4n) is 0.774. The van der Waals surface area contributed by atoms with Gasteiger partial charge in [-0.05, 0) is 44.3 Å². The molecule has 0 aliphatic rings. The summed E-state index contributed by atoms with van der Waals surface area (Å²) < 4.78 is 3.74. The normalized spacial score (nSPS) is 10.4. The van der Waals surface area contributed by atoms with E-state index in [2.05, 4.69) is 63.7 Å². The molecule has 0 nitrogen and oxygen atoms in total. The van der Waals surface area contributed by atoms with Gasteiger partial charge in [0.2, 0.25) is 0 Å². The average molecular weight is 418 g/mol. The summed E-state index contributed by atoms with van der Waals surface area (Å²) in [4.78, 5) is 0. The van der Waals surface area contributed by atoms with E-state index in [1.165, 1.54) is 0 Å². The molecule has 0 amide bonds. The molecule has 0 spiro atoms. The predicted octanol–water partition coefficient (Wildman–Crippen LogP) is 3.84. The Morgan fingerprint density at radius 2 is 1.33 bits per heavy atom. The first-order valence-corrected chi connectivity index (χ1v) is 6.22. The maximum atomic E-state index is 5.81. The summed E-state index contributed by atoms with van der Waals surface area (Å²) in [5.74, 6) is 0. The minimum absolute atomic E-state index is 0.711.